The first-order valence-corrected chi connectivity index (χ1v) is 10.7. The normalized spacial score (nSPS) is 11.7. The average molecular weight is 513 g/mol. The predicted octanol–water partition coefficient (Wildman–Crippen LogP) is 6.46. The number of hydrogen-bond donors (Lipinski definition) is 0. The Balaban J connectivity index is 1.60. The van der Waals surface area contributed by atoms with Gasteiger partial charge in [0.25, 0.3) is 0 Å². The number of carbonyl (C=O) groups is 1. The summed E-state index contributed by atoms with van der Waals surface area (Å²) in [5.41, 5.74) is -3.42. The minimum atomic E-state index is -5.03. The van der Waals surface area contributed by atoms with E-state index in [0.717, 1.165) is 12.1 Å². The molecule has 2 aromatic heterocycles. The summed E-state index contributed by atoms with van der Waals surface area (Å²) in [6.45, 7) is 0. The van der Waals surface area contributed by atoms with Crippen molar-refractivity contribution in [3.8, 4) is 16.9 Å². The molecule has 6 nitrogen and oxygen atoms in total. The van der Waals surface area contributed by atoms with E-state index >= 15 is 0 Å². The lowest BCUT2D eigenvalue weighted by molar-refractivity contribution is -0.152. The first kappa shape index (κ1) is 23.4. The Kier molecular flexibility index (Phi) is 5.64. The van der Waals surface area contributed by atoms with Gasteiger partial charge in [-0.25, -0.2) is 9.59 Å². The van der Waals surface area contributed by atoms with E-state index < -0.39 is 45.7 Å². The minimum absolute atomic E-state index is 0.0607. The van der Waals surface area contributed by atoms with Crippen molar-refractivity contribution in [1.82, 2.24) is 0 Å². The number of esters is 1. The van der Waals surface area contributed by atoms with E-state index in [1.165, 1.54) is 36.4 Å². The summed E-state index contributed by atoms with van der Waals surface area (Å²) < 4.78 is 57.0. The van der Waals surface area contributed by atoms with Gasteiger partial charge < -0.3 is 13.6 Å². The van der Waals surface area contributed by atoms with Crippen LogP contribution in [0.2, 0.25) is 5.02 Å². The second kappa shape index (κ2) is 8.69. The van der Waals surface area contributed by atoms with Gasteiger partial charge in [0.05, 0.1) is 10.9 Å². The molecule has 0 unspecified atom stereocenters. The maximum Gasteiger partial charge on any atom is 0.450 e. The lowest BCUT2D eigenvalue weighted by Gasteiger charge is -2.14. The van der Waals surface area contributed by atoms with Crippen molar-refractivity contribution in [3.05, 3.63) is 110 Å². The summed E-state index contributed by atoms with van der Waals surface area (Å²) in [6, 6.07) is 16.7. The molecule has 2 heterocycles. The van der Waals surface area contributed by atoms with Crippen LogP contribution in [-0.2, 0) is 6.18 Å². The zero-order valence-electron chi connectivity index (χ0n) is 17.9. The van der Waals surface area contributed by atoms with Crippen LogP contribution in [0.5, 0.6) is 5.75 Å². The summed E-state index contributed by atoms with van der Waals surface area (Å²) in [7, 11) is 0. The molecule has 0 aliphatic heterocycles. The highest BCUT2D eigenvalue weighted by Gasteiger charge is 2.40. The third kappa shape index (κ3) is 4.14. The van der Waals surface area contributed by atoms with Crippen molar-refractivity contribution in [3.63, 3.8) is 0 Å². The fourth-order valence-corrected chi connectivity index (χ4v) is 3.94. The van der Waals surface area contributed by atoms with Crippen LogP contribution in [0, 0.1) is 0 Å². The molecule has 0 bridgehead atoms. The molecule has 0 fully saturated rings. The standard InChI is InChI=1S/C26H12ClF3O6/c27-18-7-3-2-6-15(18)21-22(31)16-10-9-14(12-20(16)35-23(21)26(28,29)30)34-24(32)17-11-13-5-1-4-8-19(13)36-25(17)33/h1-12H. The maximum atomic E-state index is 13.9. The molecule has 0 aliphatic rings. The molecule has 3 aromatic carbocycles. The van der Waals surface area contributed by atoms with E-state index in [4.69, 9.17) is 25.2 Å². The Labute approximate surface area is 204 Å². The number of rotatable bonds is 3. The second-order valence-electron chi connectivity index (χ2n) is 7.65. The van der Waals surface area contributed by atoms with Crippen molar-refractivity contribution >= 4 is 39.5 Å². The van der Waals surface area contributed by atoms with Gasteiger partial charge in [-0.2, -0.15) is 13.2 Å². The quantitative estimate of drug-likeness (QED) is 0.157. The second-order valence-corrected chi connectivity index (χ2v) is 8.05. The average Bonchev–Trinajstić information content (AvgIpc) is 2.83. The summed E-state index contributed by atoms with van der Waals surface area (Å²) in [6.07, 6.45) is -5.03. The van der Waals surface area contributed by atoms with Gasteiger partial charge in [-0.05, 0) is 30.3 Å². The Bertz CT molecular complexity index is 1790. The van der Waals surface area contributed by atoms with E-state index in [0.29, 0.717) is 5.39 Å². The van der Waals surface area contributed by atoms with Crippen LogP contribution in [0.15, 0.2) is 91.2 Å². The molecule has 0 saturated heterocycles. The molecule has 0 amide bonds. The van der Waals surface area contributed by atoms with Gasteiger partial charge in [-0.15, -0.1) is 0 Å². The molecule has 0 aliphatic carbocycles. The first-order chi connectivity index (χ1) is 17.1. The number of alkyl halides is 3. The number of para-hydroxylation sites is 1. The molecular weight excluding hydrogens is 501 g/mol. The third-order valence-electron chi connectivity index (χ3n) is 5.34. The summed E-state index contributed by atoms with van der Waals surface area (Å²) in [4.78, 5) is 37.9. The van der Waals surface area contributed by atoms with Crippen molar-refractivity contribution in [2.75, 3.05) is 0 Å². The molecule has 0 atom stereocenters. The number of carbonyl (C=O) groups excluding carboxylic acids is 1. The first-order valence-electron chi connectivity index (χ1n) is 10.3. The molecule has 0 N–H and O–H groups in total. The molecule has 10 heteroatoms. The summed E-state index contributed by atoms with van der Waals surface area (Å²) in [5.74, 6) is -2.89. The molecule has 5 rings (SSSR count). The molecule has 5 aromatic rings. The van der Waals surface area contributed by atoms with Crippen molar-refractivity contribution in [1.29, 1.82) is 0 Å². The topological polar surface area (TPSA) is 86.7 Å². The van der Waals surface area contributed by atoms with Gasteiger partial charge >= 0.3 is 17.8 Å². The summed E-state index contributed by atoms with van der Waals surface area (Å²) >= 11 is 6.06. The highest BCUT2D eigenvalue weighted by molar-refractivity contribution is 6.33. The minimum Gasteiger partial charge on any atom is -0.450 e. The lowest BCUT2D eigenvalue weighted by Crippen LogP contribution is -2.19. The molecule has 0 saturated carbocycles. The van der Waals surface area contributed by atoms with Gasteiger partial charge in [0, 0.05) is 22.0 Å². The molecule has 36 heavy (non-hydrogen) atoms. The number of halogens is 4. The van der Waals surface area contributed by atoms with Crippen LogP contribution >= 0.6 is 11.6 Å². The third-order valence-corrected chi connectivity index (χ3v) is 5.67. The number of hydrogen-bond acceptors (Lipinski definition) is 6. The Morgan fingerprint density at radius 3 is 2.33 bits per heavy atom. The van der Waals surface area contributed by atoms with Crippen LogP contribution in [0.1, 0.15) is 16.1 Å². The van der Waals surface area contributed by atoms with Crippen molar-refractivity contribution < 1.29 is 31.5 Å². The van der Waals surface area contributed by atoms with Crippen LogP contribution < -0.4 is 15.8 Å². The zero-order valence-corrected chi connectivity index (χ0v) is 18.6. The lowest BCUT2D eigenvalue weighted by atomic mass is 10.0. The highest BCUT2D eigenvalue weighted by Crippen LogP contribution is 2.39. The Hall–Kier alpha value is -4.37. The van der Waals surface area contributed by atoms with Crippen LogP contribution in [0.3, 0.4) is 0 Å². The smallest absolute Gasteiger partial charge is 0.450 e. The van der Waals surface area contributed by atoms with E-state index in [2.05, 4.69) is 0 Å². The van der Waals surface area contributed by atoms with Gasteiger partial charge in [-0.3, -0.25) is 4.79 Å². The number of ether oxygens (including phenoxy) is 1. The highest BCUT2D eigenvalue weighted by atomic mass is 35.5. The zero-order chi connectivity index (χ0) is 25.6. The fraction of sp³-hybridized carbons (Fsp3) is 0.0385. The number of benzene rings is 3. The van der Waals surface area contributed by atoms with E-state index in [9.17, 15) is 27.6 Å². The van der Waals surface area contributed by atoms with Gasteiger partial charge in [0.15, 0.2) is 0 Å². The van der Waals surface area contributed by atoms with E-state index in [1.54, 1.807) is 24.3 Å². The van der Waals surface area contributed by atoms with E-state index in [1.807, 2.05) is 0 Å². The van der Waals surface area contributed by atoms with Crippen molar-refractivity contribution in [2.45, 2.75) is 6.18 Å². The molecule has 0 radical (unpaired) electrons. The molecule has 180 valence electrons. The molecular formula is C26H12ClF3O6. The predicted molar refractivity (Wildman–Crippen MR) is 125 cm³/mol. The van der Waals surface area contributed by atoms with Gasteiger partial charge in [0.1, 0.15) is 22.5 Å². The fourth-order valence-electron chi connectivity index (χ4n) is 3.71. The van der Waals surface area contributed by atoms with Gasteiger partial charge in [-0.1, -0.05) is 48.0 Å². The Morgan fingerprint density at radius 2 is 1.58 bits per heavy atom. The van der Waals surface area contributed by atoms with Crippen LogP contribution in [0.25, 0.3) is 33.1 Å². The van der Waals surface area contributed by atoms with Crippen LogP contribution in [-0.4, -0.2) is 5.97 Å². The van der Waals surface area contributed by atoms with Gasteiger partial charge in [0.2, 0.25) is 11.2 Å². The van der Waals surface area contributed by atoms with Crippen molar-refractivity contribution in [2.24, 2.45) is 0 Å². The SMILES string of the molecule is O=C(Oc1ccc2c(=O)c(-c3ccccc3Cl)c(C(F)(F)F)oc2c1)c1cc2ccccc2oc1=O. The monoisotopic (exact) mass is 512 g/mol. The Morgan fingerprint density at radius 1 is 0.861 bits per heavy atom. The number of fused-ring (bicyclic) bond motifs is 2. The largest absolute Gasteiger partial charge is 0.450 e. The molecule has 0 spiro atoms. The maximum absolute atomic E-state index is 13.9. The summed E-state index contributed by atoms with van der Waals surface area (Å²) in [5, 5.41) is 0.216. The van der Waals surface area contributed by atoms with E-state index in [-0.39, 0.29) is 27.3 Å². The van der Waals surface area contributed by atoms with Crippen LogP contribution in [0.4, 0.5) is 13.2 Å².